The molecule has 0 aliphatic heterocycles. The Bertz CT molecular complexity index is 74.1. The third kappa shape index (κ3) is 2.20. The summed E-state index contributed by atoms with van der Waals surface area (Å²) in [4.78, 5) is 0. The van der Waals surface area contributed by atoms with Crippen LogP contribution in [0.2, 0.25) is 0 Å². The van der Waals surface area contributed by atoms with E-state index in [0.717, 1.165) is 0 Å². The van der Waals surface area contributed by atoms with Crippen LogP contribution < -0.4 is 5.26 Å². The van der Waals surface area contributed by atoms with Crippen LogP contribution in [0.3, 0.4) is 0 Å². The van der Waals surface area contributed by atoms with Crippen LogP contribution >= 0.6 is 0 Å². The van der Waals surface area contributed by atoms with E-state index in [-0.39, 0.29) is 5.92 Å². The molecule has 0 bridgehead atoms. The minimum Gasteiger partial charge on any atom is -0.463 e. The summed E-state index contributed by atoms with van der Waals surface area (Å²) in [6.45, 7) is 5.50. The highest BCUT2D eigenvalue weighted by Gasteiger charge is 2.06. The highest BCUT2D eigenvalue weighted by atomic mass is 17.1. The molecule has 0 atom stereocenters. The number of ketones is 1. The zero-order chi connectivity index (χ0) is 5.86. The van der Waals surface area contributed by atoms with Crippen LogP contribution in [0.1, 0.15) is 20.8 Å². The van der Waals surface area contributed by atoms with Crippen LogP contribution in [0, 0.1) is 5.92 Å². The Morgan fingerprint density at radius 2 is 2.00 bits per heavy atom. The van der Waals surface area contributed by atoms with Crippen LogP contribution in [-0.2, 0) is 4.58 Å². The van der Waals surface area contributed by atoms with E-state index in [4.69, 9.17) is 0 Å². The van der Waals surface area contributed by atoms with Crippen molar-refractivity contribution in [2.45, 2.75) is 20.8 Å². The van der Waals surface area contributed by atoms with E-state index in [1.165, 1.54) is 0 Å². The molecule has 0 radical (unpaired) electrons. The molecule has 2 heteroatoms. The molecule has 42 valence electrons. The van der Waals surface area contributed by atoms with Gasteiger partial charge in [0.15, 0.2) is 0 Å². The second-order valence-electron chi connectivity index (χ2n) is 1.85. The molecule has 0 N–H and O–H groups in total. The molecule has 0 rings (SSSR count). The average molecular weight is 102 g/mol. The van der Waals surface area contributed by atoms with E-state index in [1.54, 1.807) is 6.92 Å². The van der Waals surface area contributed by atoms with Crippen molar-refractivity contribution >= 4 is 5.78 Å². The van der Waals surface area contributed by atoms with Gasteiger partial charge in [-0.1, -0.05) is 13.8 Å². The maximum atomic E-state index is 9.53. The van der Waals surface area contributed by atoms with Crippen molar-refractivity contribution in [1.29, 1.82) is 0 Å². The standard InChI is InChI=1S/C5H10O2/c1-4(2)5(3)7-6/h4H,1-3H3. The first-order valence-electron chi connectivity index (χ1n) is 2.31. The summed E-state index contributed by atoms with van der Waals surface area (Å²) in [5.74, 6) is 0.789. The van der Waals surface area contributed by atoms with Crippen LogP contribution in [0.4, 0.5) is 0 Å². The molecule has 0 fully saturated rings. The van der Waals surface area contributed by atoms with E-state index in [1.807, 2.05) is 13.8 Å². The summed E-state index contributed by atoms with van der Waals surface area (Å²) in [6.07, 6.45) is 0. The van der Waals surface area contributed by atoms with E-state index < -0.39 is 0 Å². The zero-order valence-corrected chi connectivity index (χ0v) is 4.89. The predicted molar refractivity (Wildman–Crippen MR) is 25.5 cm³/mol. The first-order chi connectivity index (χ1) is 3.18. The van der Waals surface area contributed by atoms with Crippen molar-refractivity contribution in [3.05, 3.63) is 0 Å². The van der Waals surface area contributed by atoms with Crippen molar-refractivity contribution in [3.8, 4) is 0 Å². The van der Waals surface area contributed by atoms with Gasteiger partial charge >= 0.3 is 5.78 Å². The molecule has 0 amide bonds. The number of carbonyl (C=O) groups excluding carboxylic acids is 1. The van der Waals surface area contributed by atoms with Crippen molar-refractivity contribution < 1.29 is 9.83 Å². The molecule has 7 heavy (non-hydrogen) atoms. The lowest BCUT2D eigenvalue weighted by Crippen LogP contribution is -2.11. The number of hydrogen-bond acceptors (Lipinski definition) is 1. The zero-order valence-electron chi connectivity index (χ0n) is 4.89. The van der Waals surface area contributed by atoms with Crippen molar-refractivity contribution in [2.24, 2.45) is 5.92 Å². The fraction of sp³-hybridized carbons (Fsp3) is 0.800. The summed E-state index contributed by atoms with van der Waals surface area (Å²) in [6, 6.07) is 0. The normalized spacial score (nSPS) is 12.9. The Balaban J connectivity index is 3.56. The predicted octanol–water partition coefficient (Wildman–Crippen LogP) is 0.0424. The Hall–Kier alpha value is -0.530. The van der Waals surface area contributed by atoms with Gasteiger partial charge in [-0.05, 0) is 0 Å². The van der Waals surface area contributed by atoms with E-state index in [0.29, 0.717) is 5.78 Å². The van der Waals surface area contributed by atoms with Gasteiger partial charge in [-0.2, -0.15) is 4.58 Å². The lowest BCUT2D eigenvalue weighted by Gasteiger charge is -1.88. The molecule has 0 aromatic carbocycles. The van der Waals surface area contributed by atoms with Gasteiger partial charge in [0.1, 0.15) is 0 Å². The Labute approximate surface area is 43.4 Å². The van der Waals surface area contributed by atoms with Crippen LogP contribution in [-0.4, -0.2) is 5.78 Å². The lowest BCUT2D eigenvalue weighted by molar-refractivity contribution is -1.05. The smallest absolute Gasteiger partial charge is 0.328 e. The molecule has 0 unspecified atom stereocenters. The van der Waals surface area contributed by atoms with Crippen LogP contribution in [0.5, 0.6) is 0 Å². The van der Waals surface area contributed by atoms with Gasteiger partial charge in [0.05, 0.1) is 12.8 Å². The lowest BCUT2D eigenvalue weighted by atomic mass is 10.1. The second kappa shape index (κ2) is 2.61. The van der Waals surface area contributed by atoms with Crippen LogP contribution in [0.15, 0.2) is 0 Å². The largest absolute Gasteiger partial charge is 0.463 e. The summed E-state index contributed by atoms with van der Waals surface area (Å²) in [7, 11) is 0. The SMILES string of the molecule is CC(=[O+][O-])C(C)C. The van der Waals surface area contributed by atoms with Crippen molar-refractivity contribution in [1.82, 2.24) is 0 Å². The Morgan fingerprint density at radius 1 is 1.57 bits per heavy atom. The molecule has 0 aliphatic carbocycles. The van der Waals surface area contributed by atoms with Gasteiger partial charge in [0.25, 0.3) is 0 Å². The number of hydrogen-bond donors (Lipinski definition) is 0. The van der Waals surface area contributed by atoms with Gasteiger partial charge in [-0.15, -0.1) is 0 Å². The first-order valence-corrected chi connectivity index (χ1v) is 2.31. The molecule has 0 heterocycles. The minimum absolute atomic E-state index is 0.248. The second-order valence-corrected chi connectivity index (χ2v) is 1.85. The van der Waals surface area contributed by atoms with Gasteiger partial charge in [0.2, 0.25) is 0 Å². The Kier molecular flexibility index (Phi) is 2.41. The summed E-state index contributed by atoms with van der Waals surface area (Å²) >= 11 is 0. The Morgan fingerprint density at radius 3 is 2.00 bits per heavy atom. The van der Waals surface area contributed by atoms with E-state index in [2.05, 4.69) is 4.58 Å². The first kappa shape index (κ1) is 6.47. The molecule has 0 aliphatic rings. The quantitative estimate of drug-likeness (QED) is 0.261. The summed E-state index contributed by atoms with van der Waals surface area (Å²) < 4.78 is 3.68. The van der Waals surface area contributed by atoms with Crippen molar-refractivity contribution in [3.63, 3.8) is 0 Å². The van der Waals surface area contributed by atoms with Crippen LogP contribution in [0.25, 0.3) is 0 Å². The van der Waals surface area contributed by atoms with E-state index in [9.17, 15) is 5.26 Å². The van der Waals surface area contributed by atoms with Gasteiger partial charge in [-0.25, -0.2) is 0 Å². The highest BCUT2D eigenvalue weighted by Crippen LogP contribution is 1.90. The average Bonchev–Trinajstić information content (AvgIpc) is 1.65. The fourth-order valence-corrected chi connectivity index (χ4v) is 0.0962. The molecule has 0 saturated heterocycles. The maximum absolute atomic E-state index is 9.53. The number of rotatable bonds is 1. The highest BCUT2D eigenvalue weighted by molar-refractivity contribution is 5.77. The van der Waals surface area contributed by atoms with Crippen molar-refractivity contribution in [2.75, 3.05) is 0 Å². The van der Waals surface area contributed by atoms with Gasteiger partial charge < -0.3 is 5.26 Å². The van der Waals surface area contributed by atoms with Gasteiger partial charge in [-0.3, -0.25) is 0 Å². The van der Waals surface area contributed by atoms with Gasteiger partial charge in [0, 0.05) is 0 Å². The maximum Gasteiger partial charge on any atom is 0.328 e. The monoisotopic (exact) mass is 102 g/mol. The molecule has 0 saturated carbocycles. The summed E-state index contributed by atoms with van der Waals surface area (Å²) in [5.41, 5.74) is 0. The fourth-order valence-electron chi connectivity index (χ4n) is 0.0962. The molecule has 0 aromatic heterocycles. The third-order valence-electron chi connectivity index (χ3n) is 0.944. The molecule has 0 aromatic rings. The molecular formula is C5H10O2. The minimum atomic E-state index is 0.248. The topological polar surface area (TPSA) is 34.4 Å². The molecular weight excluding hydrogens is 92.1 g/mol. The molecule has 0 spiro atoms. The third-order valence-corrected chi connectivity index (χ3v) is 0.944. The molecule has 2 nitrogen and oxygen atoms in total. The summed E-state index contributed by atoms with van der Waals surface area (Å²) in [5, 5.41) is 9.53. The van der Waals surface area contributed by atoms with E-state index >= 15 is 0 Å².